The van der Waals surface area contributed by atoms with Crippen LogP contribution in [-0.2, 0) is 16.1 Å². The van der Waals surface area contributed by atoms with Crippen molar-refractivity contribution in [2.24, 2.45) is 0 Å². The molecule has 2 fully saturated rings. The number of hydrogen-bond donors (Lipinski definition) is 1. The zero-order chi connectivity index (χ0) is 17.2. The topological polar surface area (TPSA) is 67.2 Å². The van der Waals surface area contributed by atoms with Crippen molar-refractivity contribution in [3.63, 3.8) is 0 Å². The highest BCUT2D eigenvalue weighted by molar-refractivity contribution is 5.86. The van der Waals surface area contributed by atoms with Crippen LogP contribution in [0.1, 0.15) is 43.8 Å². The van der Waals surface area contributed by atoms with Gasteiger partial charge in [0.25, 0.3) is 0 Å². The van der Waals surface area contributed by atoms with Gasteiger partial charge in [0.15, 0.2) is 0 Å². The minimum Gasteiger partial charge on any atom is -0.345 e. The van der Waals surface area contributed by atoms with Crippen molar-refractivity contribution in [1.82, 2.24) is 19.8 Å². The molecular weight excluding hydrogens is 316 g/mol. The van der Waals surface area contributed by atoms with E-state index in [0.29, 0.717) is 5.92 Å². The largest absolute Gasteiger partial charge is 0.345 e. The van der Waals surface area contributed by atoms with E-state index in [-0.39, 0.29) is 24.9 Å². The van der Waals surface area contributed by atoms with Crippen LogP contribution < -0.4 is 5.32 Å². The Bertz CT molecular complexity index is 788. The van der Waals surface area contributed by atoms with Gasteiger partial charge >= 0.3 is 0 Å². The van der Waals surface area contributed by atoms with Gasteiger partial charge in [0.1, 0.15) is 12.4 Å². The first-order valence-electron chi connectivity index (χ1n) is 9.22. The Hall–Kier alpha value is -2.37. The molecule has 1 saturated heterocycles. The van der Waals surface area contributed by atoms with Crippen molar-refractivity contribution in [2.75, 3.05) is 19.6 Å². The van der Waals surface area contributed by atoms with Crippen LogP contribution in [0.25, 0.3) is 11.0 Å². The highest BCUT2D eigenvalue weighted by Crippen LogP contribution is 2.40. The average molecular weight is 340 g/mol. The third-order valence-electron chi connectivity index (χ3n) is 5.07. The van der Waals surface area contributed by atoms with Gasteiger partial charge in [0, 0.05) is 19.0 Å². The monoisotopic (exact) mass is 340 g/mol. The Morgan fingerprint density at radius 3 is 2.64 bits per heavy atom. The highest BCUT2D eigenvalue weighted by atomic mass is 16.2. The molecule has 1 N–H and O–H groups in total. The highest BCUT2D eigenvalue weighted by Gasteiger charge is 2.30. The molecule has 1 aliphatic carbocycles. The van der Waals surface area contributed by atoms with E-state index in [2.05, 4.69) is 5.32 Å². The van der Waals surface area contributed by atoms with Crippen LogP contribution in [0.3, 0.4) is 0 Å². The van der Waals surface area contributed by atoms with E-state index < -0.39 is 0 Å². The molecule has 0 radical (unpaired) electrons. The molecule has 2 amide bonds. The number of nitrogens with one attached hydrogen (secondary N) is 1. The van der Waals surface area contributed by atoms with Crippen molar-refractivity contribution in [3.8, 4) is 0 Å². The summed E-state index contributed by atoms with van der Waals surface area (Å²) in [4.78, 5) is 31.2. The molecule has 25 heavy (non-hydrogen) atoms. The van der Waals surface area contributed by atoms with Crippen molar-refractivity contribution in [2.45, 2.75) is 44.6 Å². The number of carbonyl (C=O) groups is 2. The molecular formula is C19H24N4O2. The lowest BCUT2D eigenvalue weighted by Crippen LogP contribution is -2.43. The van der Waals surface area contributed by atoms with Gasteiger partial charge in [0.05, 0.1) is 17.6 Å². The fraction of sp³-hybridized carbons (Fsp3) is 0.526. The van der Waals surface area contributed by atoms with Gasteiger partial charge in [-0.3, -0.25) is 9.59 Å². The summed E-state index contributed by atoms with van der Waals surface area (Å²) in [6.07, 6.45) is 5.58. The zero-order valence-electron chi connectivity index (χ0n) is 14.4. The summed E-state index contributed by atoms with van der Waals surface area (Å²) in [5.74, 6) is 1.36. The third-order valence-corrected chi connectivity index (χ3v) is 5.07. The van der Waals surface area contributed by atoms with Gasteiger partial charge in [0.2, 0.25) is 11.8 Å². The third kappa shape index (κ3) is 3.52. The minimum absolute atomic E-state index is 0.0194. The smallest absolute Gasteiger partial charge is 0.241 e. The Labute approximate surface area is 147 Å². The maximum atomic E-state index is 12.4. The Morgan fingerprint density at radius 1 is 1.12 bits per heavy atom. The fourth-order valence-electron chi connectivity index (χ4n) is 3.54. The first kappa shape index (κ1) is 16.1. The second-order valence-corrected chi connectivity index (χ2v) is 7.04. The SMILES string of the molecule is O=C(Cn1c(C2CC2)nc2ccccc21)NCC(=O)N1CCCCC1. The average Bonchev–Trinajstić information content (AvgIpc) is 3.43. The first-order valence-corrected chi connectivity index (χ1v) is 9.22. The second kappa shape index (κ2) is 6.86. The predicted octanol–water partition coefficient (Wildman–Crippen LogP) is 2.04. The molecule has 2 heterocycles. The minimum atomic E-state index is -0.129. The van der Waals surface area contributed by atoms with E-state index >= 15 is 0 Å². The fourth-order valence-corrected chi connectivity index (χ4v) is 3.54. The summed E-state index contributed by atoms with van der Waals surface area (Å²) < 4.78 is 2.01. The molecule has 0 spiro atoms. The molecule has 1 saturated carbocycles. The molecule has 2 aliphatic rings. The molecule has 1 aromatic carbocycles. The molecule has 1 aliphatic heterocycles. The summed E-state index contributed by atoms with van der Waals surface area (Å²) >= 11 is 0. The van der Waals surface area contributed by atoms with Gasteiger partial charge in [-0.05, 0) is 44.2 Å². The number of piperidine rings is 1. The quantitative estimate of drug-likeness (QED) is 0.906. The number of rotatable bonds is 5. The summed E-state index contributed by atoms with van der Waals surface area (Å²) in [7, 11) is 0. The number of carbonyl (C=O) groups excluding carboxylic acids is 2. The van der Waals surface area contributed by atoms with Crippen LogP contribution in [0.4, 0.5) is 0 Å². The second-order valence-electron chi connectivity index (χ2n) is 7.04. The van der Waals surface area contributed by atoms with Crippen LogP contribution in [0.2, 0.25) is 0 Å². The molecule has 0 unspecified atom stereocenters. The van der Waals surface area contributed by atoms with E-state index in [1.807, 2.05) is 33.7 Å². The molecule has 0 atom stereocenters. The van der Waals surface area contributed by atoms with Gasteiger partial charge in [-0.1, -0.05) is 12.1 Å². The van der Waals surface area contributed by atoms with Crippen LogP contribution >= 0.6 is 0 Å². The predicted molar refractivity (Wildman–Crippen MR) is 95.1 cm³/mol. The first-order chi connectivity index (χ1) is 12.2. The van der Waals surface area contributed by atoms with Crippen LogP contribution in [0.15, 0.2) is 24.3 Å². The van der Waals surface area contributed by atoms with Gasteiger partial charge in [-0.2, -0.15) is 0 Å². The van der Waals surface area contributed by atoms with E-state index in [0.717, 1.165) is 55.6 Å². The van der Waals surface area contributed by atoms with E-state index in [1.165, 1.54) is 6.42 Å². The maximum absolute atomic E-state index is 12.4. The Balaban J connectivity index is 1.41. The van der Waals surface area contributed by atoms with E-state index in [4.69, 9.17) is 4.98 Å². The van der Waals surface area contributed by atoms with E-state index in [1.54, 1.807) is 0 Å². The molecule has 1 aromatic heterocycles. The molecule has 6 heteroatoms. The maximum Gasteiger partial charge on any atom is 0.241 e. The number of imidazole rings is 1. The lowest BCUT2D eigenvalue weighted by Gasteiger charge is -2.26. The Kier molecular flexibility index (Phi) is 4.42. The number of likely N-dealkylation sites (tertiary alicyclic amines) is 1. The summed E-state index contributed by atoms with van der Waals surface area (Å²) in [5.41, 5.74) is 1.92. The van der Waals surface area contributed by atoms with Crippen LogP contribution in [0.5, 0.6) is 0 Å². The standard InChI is InChI=1S/C19H24N4O2/c24-17(20-12-18(25)22-10-4-1-5-11-22)13-23-16-7-3-2-6-15(16)21-19(23)14-8-9-14/h2-3,6-7,14H,1,4-5,8-13H2,(H,20,24). The lowest BCUT2D eigenvalue weighted by molar-refractivity contribution is -0.133. The Morgan fingerprint density at radius 2 is 1.88 bits per heavy atom. The van der Waals surface area contributed by atoms with E-state index in [9.17, 15) is 9.59 Å². The molecule has 0 bridgehead atoms. The van der Waals surface area contributed by atoms with Crippen LogP contribution in [0, 0.1) is 0 Å². The molecule has 4 rings (SSSR count). The number of fused-ring (bicyclic) bond motifs is 1. The normalized spacial score (nSPS) is 17.7. The van der Waals surface area contributed by atoms with Crippen molar-refractivity contribution in [3.05, 3.63) is 30.1 Å². The molecule has 2 aromatic rings. The molecule has 132 valence electrons. The van der Waals surface area contributed by atoms with Crippen LogP contribution in [-0.4, -0.2) is 45.9 Å². The number of hydrogen-bond acceptors (Lipinski definition) is 3. The van der Waals surface area contributed by atoms with Crippen molar-refractivity contribution < 1.29 is 9.59 Å². The van der Waals surface area contributed by atoms with Gasteiger partial charge < -0.3 is 14.8 Å². The molecule has 6 nitrogen and oxygen atoms in total. The van der Waals surface area contributed by atoms with Crippen molar-refractivity contribution >= 4 is 22.8 Å². The number of amides is 2. The summed E-state index contributed by atoms with van der Waals surface area (Å²) in [6.45, 7) is 1.93. The van der Waals surface area contributed by atoms with Gasteiger partial charge in [-0.25, -0.2) is 4.98 Å². The van der Waals surface area contributed by atoms with Gasteiger partial charge in [-0.15, -0.1) is 0 Å². The number of nitrogens with zero attached hydrogens (tertiary/aromatic N) is 3. The lowest BCUT2D eigenvalue weighted by atomic mass is 10.1. The van der Waals surface area contributed by atoms with Crippen molar-refractivity contribution in [1.29, 1.82) is 0 Å². The number of para-hydroxylation sites is 2. The summed E-state index contributed by atoms with van der Waals surface area (Å²) in [5, 5.41) is 2.79. The summed E-state index contributed by atoms with van der Waals surface area (Å²) in [6, 6.07) is 7.92. The number of benzene rings is 1. The number of aromatic nitrogens is 2. The zero-order valence-corrected chi connectivity index (χ0v) is 14.4.